The lowest BCUT2D eigenvalue weighted by Gasteiger charge is -2.35. The lowest BCUT2D eigenvalue weighted by atomic mass is 10.2. The highest BCUT2D eigenvalue weighted by atomic mass is 31.2. The van der Waals surface area contributed by atoms with Crippen LogP contribution in [0.25, 0.3) is 0 Å². The van der Waals surface area contributed by atoms with Crippen LogP contribution in [0.4, 0.5) is 5.69 Å². The second kappa shape index (κ2) is 8.41. The van der Waals surface area contributed by atoms with Crippen LogP contribution >= 0.6 is 7.57 Å². The number of benzene rings is 1. The number of nitro groups is 1. The van der Waals surface area contributed by atoms with E-state index in [1.54, 1.807) is 0 Å². The molecule has 0 N–H and O–H groups in total. The molecule has 1 saturated heterocycles. The van der Waals surface area contributed by atoms with Crippen LogP contribution in [0, 0.1) is 10.1 Å². The number of likely N-dealkylation sites (tertiary alicyclic amines) is 1. The Hall–Kier alpha value is -2.26. The molecule has 1 heterocycles. The summed E-state index contributed by atoms with van der Waals surface area (Å²) < 4.78 is 21.1. The number of nitrogens with zero attached hydrogens (tertiary/aromatic N) is 2. The molecule has 0 aliphatic carbocycles. The van der Waals surface area contributed by atoms with Gasteiger partial charge in [0, 0.05) is 46.4 Å². The van der Waals surface area contributed by atoms with Gasteiger partial charge in [0.05, 0.1) is 4.92 Å². The van der Waals surface area contributed by atoms with Crippen LogP contribution < -0.4 is 0 Å². The first-order valence-corrected chi connectivity index (χ1v) is 9.07. The van der Waals surface area contributed by atoms with Gasteiger partial charge in [-0.25, -0.2) is 4.79 Å². The minimum Gasteiger partial charge on any atom is -0.456 e. The molecule has 0 atom stereocenters. The van der Waals surface area contributed by atoms with Gasteiger partial charge in [0.2, 0.25) is 11.3 Å². The number of carbonyl (C=O) groups is 2. The van der Waals surface area contributed by atoms with Gasteiger partial charge in [-0.05, 0) is 17.7 Å². The zero-order chi connectivity index (χ0) is 19.3. The molecule has 0 radical (unpaired) electrons. The average Bonchev–Trinajstić information content (AvgIpc) is 2.65. The van der Waals surface area contributed by atoms with Gasteiger partial charge < -0.3 is 18.3 Å². The summed E-state index contributed by atoms with van der Waals surface area (Å²) in [4.78, 5) is 35.8. The Balaban J connectivity index is 2.23. The number of esters is 1. The van der Waals surface area contributed by atoms with Gasteiger partial charge in [0.25, 0.3) is 13.3 Å². The topological polar surface area (TPSA) is 117 Å². The zero-order valence-corrected chi connectivity index (χ0v) is 15.4. The van der Waals surface area contributed by atoms with Crippen molar-refractivity contribution in [2.75, 3.05) is 27.9 Å². The summed E-state index contributed by atoms with van der Waals surface area (Å²) in [5.41, 5.74) is 0.374. The smallest absolute Gasteiger partial charge is 0.362 e. The predicted molar refractivity (Wildman–Crippen MR) is 92.2 cm³/mol. The Morgan fingerprint density at radius 2 is 1.77 bits per heavy atom. The van der Waals surface area contributed by atoms with Crippen LogP contribution in [-0.2, 0) is 34.5 Å². The number of β-lactam (4-membered cyclic amide) rings is 1. The normalized spacial score (nSPS) is 14.0. The molecular formula is C15H19N2O8P. The minimum atomic E-state index is -3.25. The van der Waals surface area contributed by atoms with Crippen molar-refractivity contribution < 1.29 is 32.8 Å². The van der Waals surface area contributed by atoms with Gasteiger partial charge in [-0.3, -0.25) is 19.8 Å². The molecule has 1 aliphatic heterocycles. The Kier molecular flexibility index (Phi) is 6.49. The third-order valence-electron chi connectivity index (χ3n) is 3.79. The van der Waals surface area contributed by atoms with Crippen LogP contribution in [0.1, 0.15) is 12.0 Å². The van der Waals surface area contributed by atoms with Crippen LogP contribution in [0.15, 0.2) is 24.3 Å². The van der Waals surface area contributed by atoms with Crippen molar-refractivity contribution in [1.29, 1.82) is 0 Å². The summed E-state index contributed by atoms with van der Waals surface area (Å²) in [5, 5.41) is 10.7. The molecule has 1 aromatic rings. The Bertz CT molecular complexity index is 742. The molecule has 10 nitrogen and oxygen atoms in total. The van der Waals surface area contributed by atoms with E-state index in [1.807, 2.05) is 0 Å². The van der Waals surface area contributed by atoms with E-state index in [9.17, 15) is 19.7 Å². The molecule has 0 bridgehead atoms. The van der Waals surface area contributed by atoms with E-state index in [0.29, 0.717) is 18.5 Å². The van der Waals surface area contributed by atoms with Gasteiger partial charge in [-0.15, -0.1) is 0 Å². The quantitative estimate of drug-likeness (QED) is 0.218. The highest BCUT2D eigenvalue weighted by Gasteiger charge is 2.41. The summed E-state index contributed by atoms with van der Waals surface area (Å²) in [6.45, 7) is 0.193. The number of rotatable bonds is 8. The van der Waals surface area contributed by atoms with E-state index in [2.05, 4.69) is 0 Å². The molecule has 0 unspecified atom stereocenters. The fourth-order valence-corrected chi connectivity index (χ4v) is 4.08. The monoisotopic (exact) mass is 386 g/mol. The number of ether oxygens (including phenoxy) is 1. The molecule has 1 fully saturated rings. The van der Waals surface area contributed by atoms with Gasteiger partial charge in [-0.1, -0.05) is 0 Å². The van der Waals surface area contributed by atoms with Crippen molar-refractivity contribution in [3.63, 3.8) is 0 Å². The molecule has 0 spiro atoms. The first-order chi connectivity index (χ1) is 12.4. The predicted octanol–water partition coefficient (Wildman–Crippen LogP) is 1.70. The highest BCUT2D eigenvalue weighted by Crippen LogP contribution is 2.51. The lowest BCUT2D eigenvalue weighted by molar-refractivity contribution is -0.384. The molecule has 1 amide bonds. The van der Waals surface area contributed by atoms with Crippen molar-refractivity contribution in [1.82, 2.24) is 4.90 Å². The number of hydrogen-bond donors (Lipinski definition) is 0. The van der Waals surface area contributed by atoms with E-state index in [1.165, 1.54) is 50.5 Å². The van der Waals surface area contributed by atoms with E-state index in [4.69, 9.17) is 18.3 Å². The fourth-order valence-electron chi connectivity index (χ4n) is 2.32. The van der Waals surface area contributed by atoms with E-state index >= 15 is 0 Å². The maximum Gasteiger partial charge on any atom is 0.362 e. The second-order valence-electron chi connectivity index (χ2n) is 5.16. The molecule has 142 valence electrons. The van der Waals surface area contributed by atoms with Crippen molar-refractivity contribution in [3.05, 3.63) is 39.9 Å². The number of nitro benzene ring substituents is 1. The van der Waals surface area contributed by atoms with Crippen LogP contribution in [-0.4, -0.2) is 55.0 Å². The van der Waals surface area contributed by atoms with Gasteiger partial charge in [-0.2, -0.15) is 0 Å². The van der Waals surface area contributed by atoms with Crippen LogP contribution in [0.5, 0.6) is 0 Å². The maximum absolute atomic E-state index is 12.6. The van der Waals surface area contributed by atoms with E-state index in [0.717, 1.165) is 0 Å². The summed E-state index contributed by atoms with van der Waals surface area (Å²) in [7, 11) is 0.694. The molecule has 11 heteroatoms. The minimum absolute atomic E-state index is 0.0680. The van der Waals surface area contributed by atoms with Crippen LogP contribution in [0.3, 0.4) is 0 Å². The summed E-state index contributed by atoms with van der Waals surface area (Å²) in [5.74, 6) is -1.07. The molecule has 0 aromatic heterocycles. The Morgan fingerprint density at radius 1 is 1.19 bits per heavy atom. The highest BCUT2D eigenvalue weighted by molar-refractivity contribution is 7.64. The molecule has 26 heavy (non-hydrogen) atoms. The van der Waals surface area contributed by atoms with E-state index < -0.39 is 18.5 Å². The summed E-state index contributed by atoms with van der Waals surface area (Å²) in [6, 6.07) is 5.57. The SMILES string of the molecule is COP(OC)(OC)=C(C(=O)OCc1ccc([N+](=O)[O-])cc1)N1CCC1=O. The lowest BCUT2D eigenvalue weighted by Crippen LogP contribution is -2.51. The summed E-state index contributed by atoms with van der Waals surface area (Å²) >= 11 is 0. The van der Waals surface area contributed by atoms with Crippen molar-refractivity contribution in [2.45, 2.75) is 13.0 Å². The largest absolute Gasteiger partial charge is 0.456 e. The number of hydrogen-bond acceptors (Lipinski definition) is 8. The van der Waals surface area contributed by atoms with Crippen molar-refractivity contribution >= 4 is 30.5 Å². The van der Waals surface area contributed by atoms with Crippen molar-refractivity contribution in [2.24, 2.45) is 0 Å². The summed E-state index contributed by atoms with van der Waals surface area (Å²) in [6.07, 6.45) is 0.302. The molecule has 0 saturated carbocycles. The Labute approximate surface area is 150 Å². The van der Waals surface area contributed by atoms with Gasteiger partial charge in [0.15, 0.2) is 0 Å². The second-order valence-corrected chi connectivity index (χ2v) is 7.68. The first-order valence-electron chi connectivity index (χ1n) is 7.53. The Morgan fingerprint density at radius 3 is 2.15 bits per heavy atom. The number of non-ortho nitro benzene ring substituents is 1. The molecule has 2 rings (SSSR count). The zero-order valence-electron chi connectivity index (χ0n) is 14.5. The van der Waals surface area contributed by atoms with Crippen molar-refractivity contribution in [3.8, 4) is 0 Å². The first kappa shape index (κ1) is 20.1. The van der Waals surface area contributed by atoms with Gasteiger partial charge in [0.1, 0.15) is 6.61 Å². The standard InChI is InChI=1S/C15H19N2O8P/c1-22-26(23-2,24-3)14(16-9-8-13(16)18)15(19)25-10-11-4-6-12(7-5-11)17(20)21/h4-7H,8-10H2,1-3H3. The molecule has 1 aromatic carbocycles. The average molecular weight is 386 g/mol. The number of amides is 1. The maximum atomic E-state index is 12.6. The fraction of sp³-hybridized carbons (Fsp3) is 0.400. The third kappa shape index (κ3) is 3.94. The van der Waals surface area contributed by atoms with E-state index in [-0.39, 0.29) is 23.6 Å². The third-order valence-corrected chi connectivity index (χ3v) is 6.17. The van der Waals surface area contributed by atoms with Gasteiger partial charge >= 0.3 is 5.97 Å². The number of carbonyl (C=O) groups excluding carboxylic acids is 2. The molecule has 1 aliphatic rings. The van der Waals surface area contributed by atoms with Crippen LogP contribution in [0.2, 0.25) is 0 Å². The molecular weight excluding hydrogens is 367 g/mol.